The number of nitrogens with one attached hydrogen (secondary N) is 1. The van der Waals surface area contributed by atoms with Gasteiger partial charge in [-0.05, 0) is 96.7 Å². The van der Waals surface area contributed by atoms with Gasteiger partial charge in [-0.3, -0.25) is 4.98 Å². The number of benzene rings is 1. The smallest absolute Gasteiger partial charge is 0.0346 e. The monoisotopic (exact) mass is 390 g/mol. The molecular formula is C27H38N2. The van der Waals surface area contributed by atoms with Crippen molar-refractivity contribution in [2.75, 3.05) is 13.1 Å². The lowest BCUT2D eigenvalue weighted by atomic mass is 9.63. The van der Waals surface area contributed by atoms with E-state index in [0.29, 0.717) is 5.92 Å². The van der Waals surface area contributed by atoms with Gasteiger partial charge < -0.3 is 5.32 Å². The molecule has 29 heavy (non-hydrogen) atoms. The Hall–Kier alpha value is -1.67. The molecule has 2 aromatic rings. The van der Waals surface area contributed by atoms with Crippen LogP contribution in [0.2, 0.25) is 0 Å². The molecule has 2 heterocycles. The summed E-state index contributed by atoms with van der Waals surface area (Å²) >= 11 is 0. The molecule has 0 radical (unpaired) electrons. The van der Waals surface area contributed by atoms with Crippen LogP contribution in [0.4, 0.5) is 0 Å². The van der Waals surface area contributed by atoms with Crippen LogP contribution in [0.5, 0.6) is 0 Å². The first-order chi connectivity index (χ1) is 13.9. The lowest BCUT2D eigenvalue weighted by molar-refractivity contribution is 0.332. The predicted octanol–water partition coefficient (Wildman–Crippen LogP) is 6.73. The van der Waals surface area contributed by atoms with Crippen LogP contribution in [0, 0.1) is 0 Å². The van der Waals surface area contributed by atoms with E-state index < -0.39 is 0 Å². The highest BCUT2D eigenvalue weighted by Crippen LogP contribution is 2.46. The Balaban J connectivity index is 1.66. The second-order valence-electron chi connectivity index (χ2n) is 10.6. The largest absolute Gasteiger partial charge is 0.317 e. The molecule has 2 heteroatoms. The molecule has 0 bridgehead atoms. The molecule has 1 aromatic carbocycles. The normalized spacial score (nSPS) is 24.1. The highest BCUT2D eigenvalue weighted by Gasteiger charge is 2.37. The van der Waals surface area contributed by atoms with E-state index in [2.05, 4.69) is 74.7 Å². The van der Waals surface area contributed by atoms with E-state index in [0.717, 1.165) is 6.54 Å². The summed E-state index contributed by atoms with van der Waals surface area (Å²) in [6.07, 6.45) is 13.1. The van der Waals surface area contributed by atoms with Gasteiger partial charge in [-0.1, -0.05) is 52.3 Å². The van der Waals surface area contributed by atoms with Gasteiger partial charge in [0, 0.05) is 18.0 Å². The van der Waals surface area contributed by atoms with Gasteiger partial charge in [0.2, 0.25) is 0 Å². The van der Waals surface area contributed by atoms with Crippen LogP contribution in [0.25, 0.3) is 11.1 Å². The molecule has 0 saturated carbocycles. The van der Waals surface area contributed by atoms with Crippen LogP contribution in [0.1, 0.15) is 95.2 Å². The van der Waals surface area contributed by atoms with Gasteiger partial charge in [-0.15, -0.1) is 0 Å². The van der Waals surface area contributed by atoms with Crippen molar-refractivity contribution in [1.29, 1.82) is 0 Å². The van der Waals surface area contributed by atoms with Crippen molar-refractivity contribution in [3.63, 3.8) is 0 Å². The quantitative estimate of drug-likeness (QED) is 0.614. The Morgan fingerprint density at radius 1 is 0.793 bits per heavy atom. The Morgan fingerprint density at radius 2 is 1.52 bits per heavy atom. The summed E-state index contributed by atoms with van der Waals surface area (Å²) in [4.78, 5) is 4.68. The zero-order chi connectivity index (χ0) is 20.5. The lowest BCUT2D eigenvalue weighted by Crippen LogP contribution is -2.33. The molecule has 1 unspecified atom stereocenters. The molecule has 156 valence electrons. The Labute approximate surface area is 177 Å². The SMILES string of the molecule is CC1(C)CCC(C)(C)c2cc(-c3cncc(C4CCCCNCCC4)c3)ccc21. The van der Waals surface area contributed by atoms with E-state index in [4.69, 9.17) is 0 Å². The third-order valence-electron chi connectivity index (χ3n) is 7.48. The fourth-order valence-corrected chi connectivity index (χ4v) is 5.32. The highest BCUT2D eigenvalue weighted by molar-refractivity contribution is 5.66. The Morgan fingerprint density at radius 3 is 2.34 bits per heavy atom. The molecule has 4 rings (SSSR count). The molecule has 0 amide bonds. The fourth-order valence-electron chi connectivity index (χ4n) is 5.32. The average molecular weight is 391 g/mol. The van der Waals surface area contributed by atoms with E-state index in [1.165, 1.54) is 79.3 Å². The van der Waals surface area contributed by atoms with Crippen molar-refractivity contribution in [2.24, 2.45) is 0 Å². The number of nitrogens with zero attached hydrogens (tertiary/aromatic N) is 1. The topological polar surface area (TPSA) is 24.9 Å². The third-order valence-corrected chi connectivity index (χ3v) is 7.48. The maximum absolute atomic E-state index is 4.68. The fraction of sp³-hybridized carbons (Fsp3) is 0.593. The number of fused-ring (bicyclic) bond motifs is 1. The molecule has 1 aliphatic heterocycles. The van der Waals surface area contributed by atoms with Gasteiger partial charge in [-0.25, -0.2) is 0 Å². The summed E-state index contributed by atoms with van der Waals surface area (Å²) in [5.41, 5.74) is 7.62. The second kappa shape index (κ2) is 8.22. The van der Waals surface area contributed by atoms with E-state index >= 15 is 0 Å². The van der Waals surface area contributed by atoms with Gasteiger partial charge in [0.1, 0.15) is 0 Å². The standard InChI is InChI=1S/C27H38N2/c1-26(2)12-13-27(3,4)25-17-21(10-11-24(25)26)23-16-22(18-29-19-23)20-8-5-6-14-28-15-7-9-20/h10-11,16-20,28H,5-9,12-15H2,1-4H3. The summed E-state index contributed by atoms with van der Waals surface area (Å²) in [6.45, 7) is 11.9. The summed E-state index contributed by atoms with van der Waals surface area (Å²) in [6, 6.07) is 9.61. The van der Waals surface area contributed by atoms with Crippen molar-refractivity contribution in [1.82, 2.24) is 10.3 Å². The van der Waals surface area contributed by atoms with Crippen molar-refractivity contribution in [3.8, 4) is 11.1 Å². The van der Waals surface area contributed by atoms with Crippen molar-refractivity contribution in [2.45, 2.75) is 89.4 Å². The molecule has 2 nitrogen and oxygen atoms in total. The molecule has 1 saturated heterocycles. The molecule has 1 aliphatic carbocycles. The second-order valence-corrected chi connectivity index (χ2v) is 10.6. The van der Waals surface area contributed by atoms with Gasteiger partial charge in [-0.2, -0.15) is 0 Å². The number of hydrogen-bond donors (Lipinski definition) is 1. The number of rotatable bonds is 2. The first kappa shape index (κ1) is 20.6. The zero-order valence-corrected chi connectivity index (χ0v) is 18.9. The van der Waals surface area contributed by atoms with Crippen LogP contribution in [-0.4, -0.2) is 18.1 Å². The number of hydrogen-bond acceptors (Lipinski definition) is 2. The van der Waals surface area contributed by atoms with Crippen molar-refractivity contribution in [3.05, 3.63) is 53.3 Å². The van der Waals surface area contributed by atoms with Crippen molar-refractivity contribution >= 4 is 0 Å². The minimum absolute atomic E-state index is 0.247. The van der Waals surface area contributed by atoms with E-state index in [9.17, 15) is 0 Å². The Kier molecular flexibility index (Phi) is 5.84. The van der Waals surface area contributed by atoms with E-state index in [1.807, 2.05) is 0 Å². The average Bonchev–Trinajstić information content (AvgIpc) is 2.85. The maximum Gasteiger partial charge on any atom is 0.0346 e. The number of pyridine rings is 1. The summed E-state index contributed by atoms with van der Waals surface area (Å²) in [5.74, 6) is 0.648. The minimum Gasteiger partial charge on any atom is -0.317 e. The van der Waals surface area contributed by atoms with Gasteiger partial charge >= 0.3 is 0 Å². The van der Waals surface area contributed by atoms with Crippen LogP contribution >= 0.6 is 0 Å². The van der Waals surface area contributed by atoms with Crippen molar-refractivity contribution < 1.29 is 0 Å². The predicted molar refractivity (Wildman–Crippen MR) is 124 cm³/mol. The highest BCUT2D eigenvalue weighted by atomic mass is 14.8. The molecule has 1 atom stereocenters. The van der Waals surface area contributed by atoms with Crippen LogP contribution < -0.4 is 5.32 Å². The molecule has 1 aromatic heterocycles. The first-order valence-corrected chi connectivity index (χ1v) is 11.7. The van der Waals surface area contributed by atoms with Crippen LogP contribution in [0.15, 0.2) is 36.7 Å². The first-order valence-electron chi connectivity index (χ1n) is 11.7. The lowest BCUT2D eigenvalue weighted by Gasteiger charge is -2.42. The summed E-state index contributed by atoms with van der Waals surface area (Å²) < 4.78 is 0. The van der Waals surface area contributed by atoms with E-state index in [1.54, 1.807) is 0 Å². The molecule has 0 spiro atoms. The van der Waals surface area contributed by atoms with Gasteiger partial charge in [0.15, 0.2) is 0 Å². The number of aromatic nitrogens is 1. The summed E-state index contributed by atoms with van der Waals surface area (Å²) in [7, 11) is 0. The van der Waals surface area contributed by atoms with Gasteiger partial charge in [0.25, 0.3) is 0 Å². The Bertz CT molecular complexity index is 839. The van der Waals surface area contributed by atoms with Gasteiger partial charge in [0.05, 0.1) is 0 Å². The minimum atomic E-state index is 0.247. The molecular weight excluding hydrogens is 352 g/mol. The van der Waals surface area contributed by atoms with E-state index in [-0.39, 0.29) is 10.8 Å². The van der Waals surface area contributed by atoms with Crippen LogP contribution in [0.3, 0.4) is 0 Å². The molecule has 2 aliphatic rings. The maximum atomic E-state index is 4.68. The third kappa shape index (κ3) is 4.43. The molecule has 1 fully saturated rings. The molecule has 1 N–H and O–H groups in total. The summed E-state index contributed by atoms with van der Waals surface area (Å²) in [5, 5.41) is 3.56. The zero-order valence-electron chi connectivity index (χ0n) is 18.9. The van der Waals surface area contributed by atoms with Crippen LogP contribution in [-0.2, 0) is 10.8 Å².